The maximum absolute atomic E-state index is 13.1. The first-order valence-electron chi connectivity index (χ1n) is 5.05. The Labute approximate surface area is 104 Å². The molecule has 0 amide bonds. The van der Waals surface area contributed by atoms with Crippen LogP contribution in [0.1, 0.15) is 5.56 Å². The summed E-state index contributed by atoms with van der Waals surface area (Å²) in [5, 5.41) is 3.17. The molecular formula is C12H15BrFNO. The highest BCUT2D eigenvalue weighted by Crippen LogP contribution is 2.16. The molecule has 0 unspecified atom stereocenters. The SMILES string of the molecule is COCCNC/C=C/c1ccc(Br)c(F)c1. The third-order valence-corrected chi connectivity index (χ3v) is 2.64. The van der Waals surface area contributed by atoms with E-state index in [0.29, 0.717) is 11.1 Å². The Balaban J connectivity index is 2.35. The van der Waals surface area contributed by atoms with Gasteiger partial charge in [-0.25, -0.2) is 4.39 Å². The summed E-state index contributed by atoms with van der Waals surface area (Å²) in [4.78, 5) is 0. The maximum Gasteiger partial charge on any atom is 0.137 e. The summed E-state index contributed by atoms with van der Waals surface area (Å²) in [5.74, 6) is -0.241. The first-order chi connectivity index (χ1) is 7.74. The monoisotopic (exact) mass is 287 g/mol. The van der Waals surface area contributed by atoms with E-state index < -0.39 is 0 Å². The van der Waals surface area contributed by atoms with E-state index in [0.717, 1.165) is 18.7 Å². The molecule has 1 N–H and O–H groups in total. The third kappa shape index (κ3) is 4.88. The first kappa shape index (κ1) is 13.4. The average Bonchev–Trinajstić information content (AvgIpc) is 2.28. The Morgan fingerprint density at radius 3 is 3.00 bits per heavy atom. The minimum absolute atomic E-state index is 0.241. The highest BCUT2D eigenvalue weighted by Gasteiger charge is 1.97. The fourth-order valence-electron chi connectivity index (χ4n) is 1.17. The lowest BCUT2D eigenvalue weighted by Gasteiger charge is -1.99. The number of nitrogens with one attached hydrogen (secondary N) is 1. The van der Waals surface area contributed by atoms with Gasteiger partial charge >= 0.3 is 0 Å². The topological polar surface area (TPSA) is 21.3 Å². The highest BCUT2D eigenvalue weighted by molar-refractivity contribution is 9.10. The lowest BCUT2D eigenvalue weighted by Crippen LogP contribution is -2.18. The molecule has 0 saturated carbocycles. The number of methoxy groups -OCH3 is 1. The Kier molecular flexibility index (Phi) is 6.30. The Bertz CT molecular complexity index is 355. The smallest absolute Gasteiger partial charge is 0.137 e. The summed E-state index contributed by atoms with van der Waals surface area (Å²) in [6, 6.07) is 5.06. The predicted molar refractivity (Wildman–Crippen MR) is 67.9 cm³/mol. The van der Waals surface area contributed by atoms with Crippen molar-refractivity contribution in [3.8, 4) is 0 Å². The van der Waals surface area contributed by atoms with Crippen molar-refractivity contribution in [2.75, 3.05) is 26.8 Å². The van der Waals surface area contributed by atoms with Gasteiger partial charge in [0.1, 0.15) is 5.82 Å². The molecule has 0 saturated heterocycles. The van der Waals surface area contributed by atoms with E-state index in [1.807, 2.05) is 18.2 Å². The van der Waals surface area contributed by atoms with Crippen LogP contribution in [0.3, 0.4) is 0 Å². The van der Waals surface area contributed by atoms with Crippen molar-refractivity contribution in [3.63, 3.8) is 0 Å². The number of halogens is 2. The summed E-state index contributed by atoms with van der Waals surface area (Å²) in [7, 11) is 1.67. The van der Waals surface area contributed by atoms with Crippen molar-refractivity contribution >= 4 is 22.0 Å². The van der Waals surface area contributed by atoms with Crippen LogP contribution in [0.4, 0.5) is 4.39 Å². The van der Waals surface area contributed by atoms with Crippen molar-refractivity contribution in [1.29, 1.82) is 0 Å². The van der Waals surface area contributed by atoms with Gasteiger partial charge in [0.15, 0.2) is 0 Å². The van der Waals surface area contributed by atoms with Gasteiger partial charge in [-0.05, 0) is 33.6 Å². The molecule has 1 aromatic rings. The van der Waals surface area contributed by atoms with Gasteiger partial charge in [-0.1, -0.05) is 18.2 Å². The quantitative estimate of drug-likeness (QED) is 0.813. The third-order valence-electron chi connectivity index (χ3n) is 2.00. The second-order valence-electron chi connectivity index (χ2n) is 3.27. The zero-order chi connectivity index (χ0) is 11.8. The molecular weight excluding hydrogens is 273 g/mol. The number of rotatable bonds is 6. The second kappa shape index (κ2) is 7.54. The molecule has 0 fully saturated rings. The normalized spacial score (nSPS) is 11.2. The Morgan fingerprint density at radius 2 is 2.31 bits per heavy atom. The molecule has 16 heavy (non-hydrogen) atoms. The molecule has 2 nitrogen and oxygen atoms in total. The van der Waals surface area contributed by atoms with Gasteiger partial charge < -0.3 is 10.1 Å². The number of hydrogen-bond acceptors (Lipinski definition) is 2. The Morgan fingerprint density at radius 1 is 1.50 bits per heavy atom. The van der Waals surface area contributed by atoms with E-state index in [2.05, 4.69) is 21.2 Å². The molecule has 4 heteroatoms. The maximum atomic E-state index is 13.1. The minimum atomic E-state index is -0.241. The van der Waals surface area contributed by atoms with E-state index >= 15 is 0 Å². The number of ether oxygens (including phenoxy) is 1. The number of benzene rings is 1. The molecule has 0 atom stereocenters. The average molecular weight is 288 g/mol. The van der Waals surface area contributed by atoms with E-state index in [9.17, 15) is 4.39 Å². The van der Waals surface area contributed by atoms with Gasteiger partial charge in [-0.2, -0.15) is 0 Å². The summed E-state index contributed by atoms with van der Waals surface area (Å²) in [6.07, 6.45) is 3.84. The molecule has 0 spiro atoms. The van der Waals surface area contributed by atoms with Crippen molar-refractivity contribution in [3.05, 3.63) is 40.1 Å². The summed E-state index contributed by atoms with van der Waals surface area (Å²) in [5.41, 5.74) is 0.856. The second-order valence-corrected chi connectivity index (χ2v) is 4.13. The molecule has 0 radical (unpaired) electrons. The molecule has 0 aliphatic carbocycles. The fourth-order valence-corrected chi connectivity index (χ4v) is 1.42. The lowest BCUT2D eigenvalue weighted by atomic mass is 10.2. The van der Waals surface area contributed by atoms with Gasteiger partial charge in [0.05, 0.1) is 11.1 Å². The van der Waals surface area contributed by atoms with Gasteiger partial charge in [-0.15, -0.1) is 0 Å². The molecule has 0 aliphatic rings. The fraction of sp³-hybridized carbons (Fsp3) is 0.333. The molecule has 1 rings (SSSR count). The standard InChI is InChI=1S/C12H15BrFNO/c1-16-8-7-15-6-2-3-10-4-5-11(13)12(14)9-10/h2-5,9,15H,6-8H2,1H3/b3-2+. The molecule has 0 aromatic heterocycles. The van der Waals surface area contributed by atoms with Crippen LogP contribution in [0.2, 0.25) is 0 Å². The molecule has 88 valence electrons. The van der Waals surface area contributed by atoms with Crippen LogP contribution in [0.25, 0.3) is 6.08 Å². The highest BCUT2D eigenvalue weighted by atomic mass is 79.9. The van der Waals surface area contributed by atoms with Crippen molar-refractivity contribution in [1.82, 2.24) is 5.32 Å². The van der Waals surface area contributed by atoms with E-state index in [1.54, 1.807) is 13.2 Å². The zero-order valence-electron chi connectivity index (χ0n) is 9.17. The largest absolute Gasteiger partial charge is 0.383 e. The van der Waals surface area contributed by atoms with E-state index in [4.69, 9.17) is 4.74 Å². The first-order valence-corrected chi connectivity index (χ1v) is 5.84. The van der Waals surface area contributed by atoms with Crippen LogP contribution in [-0.4, -0.2) is 26.8 Å². The molecule has 0 bridgehead atoms. The minimum Gasteiger partial charge on any atom is -0.383 e. The van der Waals surface area contributed by atoms with Crippen molar-refractivity contribution in [2.45, 2.75) is 0 Å². The van der Waals surface area contributed by atoms with Gasteiger partial charge in [0, 0.05) is 20.2 Å². The van der Waals surface area contributed by atoms with Crippen LogP contribution in [0.15, 0.2) is 28.7 Å². The van der Waals surface area contributed by atoms with Crippen molar-refractivity contribution < 1.29 is 9.13 Å². The van der Waals surface area contributed by atoms with Crippen LogP contribution >= 0.6 is 15.9 Å². The predicted octanol–water partition coefficient (Wildman–Crippen LogP) is 2.84. The van der Waals surface area contributed by atoms with Gasteiger partial charge in [-0.3, -0.25) is 0 Å². The van der Waals surface area contributed by atoms with Gasteiger partial charge in [0.2, 0.25) is 0 Å². The van der Waals surface area contributed by atoms with Gasteiger partial charge in [0.25, 0.3) is 0 Å². The van der Waals surface area contributed by atoms with Crippen molar-refractivity contribution in [2.24, 2.45) is 0 Å². The zero-order valence-corrected chi connectivity index (χ0v) is 10.8. The summed E-state index contributed by atoms with van der Waals surface area (Å²) in [6.45, 7) is 2.26. The van der Waals surface area contributed by atoms with E-state index in [1.165, 1.54) is 6.07 Å². The van der Waals surface area contributed by atoms with E-state index in [-0.39, 0.29) is 5.82 Å². The van der Waals surface area contributed by atoms with Crippen LogP contribution in [0.5, 0.6) is 0 Å². The summed E-state index contributed by atoms with van der Waals surface area (Å²) < 4.78 is 18.5. The summed E-state index contributed by atoms with van der Waals surface area (Å²) >= 11 is 3.11. The lowest BCUT2D eigenvalue weighted by molar-refractivity contribution is 0.200. The molecule has 1 aromatic carbocycles. The molecule has 0 aliphatic heterocycles. The van der Waals surface area contributed by atoms with Crippen LogP contribution in [0, 0.1) is 5.82 Å². The Hall–Kier alpha value is -0.710. The number of hydrogen-bond donors (Lipinski definition) is 1. The molecule has 0 heterocycles. The van der Waals surface area contributed by atoms with Crippen LogP contribution in [-0.2, 0) is 4.74 Å². The van der Waals surface area contributed by atoms with Crippen LogP contribution < -0.4 is 5.32 Å².